The molecule has 3 aliphatic rings. The highest BCUT2D eigenvalue weighted by Crippen LogP contribution is 2.46. The van der Waals surface area contributed by atoms with Gasteiger partial charge in [0.25, 0.3) is 0 Å². The van der Waals surface area contributed by atoms with Gasteiger partial charge in [-0.2, -0.15) is 0 Å². The Morgan fingerprint density at radius 3 is 2.09 bits per heavy atom. The zero-order chi connectivity index (χ0) is 15.4. The highest BCUT2D eigenvalue weighted by molar-refractivity contribution is 6.23. The third kappa shape index (κ3) is 1.74. The molecule has 22 heavy (non-hydrogen) atoms. The molecule has 0 unspecified atom stereocenters. The van der Waals surface area contributed by atoms with Crippen LogP contribution in [0.2, 0.25) is 0 Å². The fraction of sp³-hybridized carbons (Fsp3) is 0.312. The molecule has 3 heterocycles. The van der Waals surface area contributed by atoms with E-state index < -0.39 is 17.8 Å². The van der Waals surface area contributed by atoms with Crippen LogP contribution in [0.3, 0.4) is 0 Å². The van der Waals surface area contributed by atoms with E-state index in [0.717, 1.165) is 0 Å². The number of amides is 2. The molecule has 6 nitrogen and oxygen atoms in total. The number of carbonyl (C=O) groups excluding carboxylic acids is 3. The van der Waals surface area contributed by atoms with Crippen molar-refractivity contribution in [2.75, 3.05) is 4.90 Å². The van der Waals surface area contributed by atoms with Crippen molar-refractivity contribution in [2.24, 2.45) is 11.8 Å². The highest BCUT2D eigenvalue weighted by atomic mass is 16.5. The molecule has 1 aromatic rings. The first-order chi connectivity index (χ1) is 10.6. The number of hydrogen-bond donors (Lipinski definition) is 0. The molecule has 2 bridgehead atoms. The Bertz CT molecular complexity index is 678. The van der Waals surface area contributed by atoms with E-state index in [-0.39, 0.29) is 24.0 Å². The summed E-state index contributed by atoms with van der Waals surface area (Å²) in [5, 5.41) is 0. The number of nitrogens with zero attached hydrogens (tertiary/aromatic N) is 1. The van der Waals surface area contributed by atoms with Crippen LogP contribution in [0.4, 0.5) is 5.69 Å². The van der Waals surface area contributed by atoms with E-state index in [0.29, 0.717) is 11.4 Å². The van der Waals surface area contributed by atoms with Crippen LogP contribution >= 0.6 is 0 Å². The molecule has 0 spiro atoms. The van der Waals surface area contributed by atoms with E-state index in [4.69, 9.17) is 9.47 Å². The van der Waals surface area contributed by atoms with Gasteiger partial charge in [-0.1, -0.05) is 12.2 Å². The second-order valence-corrected chi connectivity index (χ2v) is 5.60. The monoisotopic (exact) mass is 299 g/mol. The molecule has 3 aliphatic heterocycles. The summed E-state index contributed by atoms with van der Waals surface area (Å²) in [5.41, 5.74) is 0.486. The van der Waals surface area contributed by atoms with Crippen LogP contribution in [0.5, 0.6) is 5.75 Å². The second-order valence-electron chi connectivity index (χ2n) is 5.60. The van der Waals surface area contributed by atoms with Crippen LogP contribution in [-0.4, -0.2) is 30.0 Å². The molecule has 1 aromatic carbocycles. The van der Waals surface area contributed by atoms with E-state index in [2.05, 4.69) is 0 Å². The van der Waals surface area contributed by atoms with E-state index >= 15 is 0 Å². The lowest BCUT2D eigenvalue weighted by Crippen LogP contribution is -2.34. The quantitative estimate of drug-likeness (QED) is 0.353. The fourth-order valence-corrected chi connectivity index (χ4v) is 3.39. The molecule has 0 aliphatic carbocycles. The standard InChI is InChI=1S/C16H13NO5/c1-8(18)21-10-4-2-9(3-5-10)17-15(19)13-11-6-7-12(22-11)14(13)16(17)20/h2-7,11-14H,1H3/t11-,12+,13-,14-/m0/s1. The summed E-state index contributed by atoms with van der Waals surface area (Å²) in [7, 11) is 0. The Balaban J connectivity index is 1.62. The van der Waals surface area contributed by atoms with Crippen molar-refractivity contribution in [3.8, 4) is 5.75 Å². The number of rotatable bonds is 2. The predicted octanol–water partition coefficient (Wildman–Crippen LogP) is 1.05. The fourth-order valence-electron chi connectivity index (χ4n) is 3.39. The SMILES string of the molecule is CC(=O)Oc1ccc(N2C(=O)[C@@H]3[C@@H](C2=O)[C@H]2C=C[C@@H]3O2)cc1. The van der Waals surface area contributed by atoms with Crippen LogP contribution in [0.15, 0.2) is 36.4 Å². The maximum Gasteiger partial charge on any atom is 0.308 e. The third-order valence-corrected chi connectivity index (χ3v) is 4.27. The normalized spacial score (nSPS) is 31.8. The van der Waals surface area contributed by atoms with Crippen LogP contribution in [0.1, 0.15) is 6.92 Å². The summed E-state index contributed by atoms with van der Waals surface area (Å²) in [6, 6.07) is 6.33. The number of esters is 1. The Hall–Kier alpha value is -2.47. The first-order valence-electron chi connectivity index (χ1n) is 7.06. The lowest BCUT2D eigenvalue weighted by atomic mass is 9.85. The van der Waals surface area contributed by atoms with E-state index in [9.17, 15) is 14.4 Å². The topological polar surface area (TPSA) is 72.9 Å². The van der Waals surface area contributed by atoms with Crippen molar-refractivity contribution in [2.45, 2.75) is 19.1 Å². The van der Waals surface area contributed by atoms with Gasteiger partial charge in [0.05, 0.1) is 29.7 Å². The average molecular weight is 299 g/mol. The molecule has 0 saturated carbocycles. The Morgan fingerprint density at radius 1 is 1.05 bits per heavy atom. The molecular formula is C16H13NO5. The van der Waals surface area contributed by atoms with Gasteiger partial charge < -0.3 is 9.47 Å². The van der Waals surface area contributed by atoms with Crippen LogP contribution in [0.25, 0.3) is 0 Å². The minimum Gasteiger partial charge on any atom is -0.427 e. The number of carbonyl (C=O) groups is 3. The maximum absolute atomic E-state index is 12.6. The van der Waals surface area contributed by atoms with Gasteiger partial charge in [-0.25, -0.2) is 4.90 Å². The summed E-state index contributed by atoms with van der Waals surface area (Å²) < 4.78 is 10.5. The van der Waals surface area contributed by atoms with Crippen molar-refractivity contribution in [3.63, 3.8) is 0 Å². The van der Waals surface area contributed by atoms with Crippen LogP contribution in [-0.2, 0) is 19.1 Å². The molecule has 2 amide bonds. The molecular weight excluding hydrogens is 286 g/mol. The van der Waals surface area contributed by atoms with Crippen LogP contribution in [0, 0.1) is 11.8 Å². The van der Waals surface area contributed by atoms with Gasteiger partial charge >= 0.3 is 5.97 Å². The zero-order valence-electron chi connectivity index (χ0n) is 11.8. The lowest BCUT2D eigenvalue weighted by molar-refractivity contribution is -0.132. The summed E-state index contributed by atoms with van der Waals surface area (Å²) in [6.07, 6.45) is 3.11. The van der Waals surface area contributed by atoms with Gasteiger partial charge in [-0.3, -0.25) is 14.4 Å². The van der Waals surface area contributed by atoms with Gasteiger partial charge in [0.15, 0.2) is 0 Å². The van der Waals surface area contributed by atoms with E-state index in [1.807, 2.05) is 12.2 Å². The molecule has 0 N–H and O–H groups in total. The van der Waals surface area contributed by atoms with Gasteiger partial charge in [0.1, 0.15) is 5.75 Å². The summed E-state index contributed by atoms with van der Waals surface area (Å²) in [5.74, 6) is -1.35. The minimum atomic E-state index is -0.421. The van der Waals surface area contributed by atoms with Crippen molar-refractivity contribution >= 4 is 23.5 Å². The number of imide groups is 1. The van der Waals surface area contributed by atoms with Gasteiger partial charge in [0.2, 0.25) is 11.8 Å². The van der Waals surface area contributed by atoms with Gasteiger partial charge in [-0.05, 0) is 24.3 Å². The number of fused-ring (bicyclic) bond motifs is 5. The smallest absolute Gasteiger partial charge is 0.308 e. The summed E-state index contributed by atoms with van der Waals surface area (Å²) in [4.78, 5) is 37.2. The largest absolute Gasteiger partial charge is 0.427 e. The number of benzene rings is 1. The van der Waals surface area contributed by atoms with Gasteiger partial charge in [-0.15, -0.1) is 0 Å². The van der Waals surface area contributed by atoms with Crippen molar-refractivity contribution in [1.29, 1.82) is 0 Å². The minimum absolute atomic E-state index is 0.230. The molecule has 0 radical (unpaired) electrons. The molecule has 6 heteroatoms. The second kappa shape index (κ2) is 4.51. The molecule has 4 atom stereocenters. The first kappa shape index (κ1) is 13.2. The van der Waals surface area contributed by atoms with Crippen molar-refractivity contribution < 1.29 is 23.9 Å². The molecule has 4 rings (SSSR count). The maximum atomic E-state index is 12.6. The first-order valence-corrected chi connectivity index (χ1v) is 7.06. The zero-order valence-corrected chi connectivity index (χ0v) is 11.8. The number of anilines is 1. The van der Waals surface area contributed by atoms with Gasteiger partial charge in [0, 0.05) is 6.92 Å². The Kier molecular flexibility index (Phi) is 2.71. The van der Waals surface area contributed by atoms with Crippen molar-refractivity contribution in [1.82, 2.24) is 0 Å². The average Bonchev–Trinajstić information content (AvgIpc) is 3.14. The van der Waals surface area contributed by atoms with Crippen molar-refractivity contribution in [3.05, 3.63) is 36.4 Å². The number of hydrogen-bond acceptors (Lipinski definition) is 5. The molecule has 0 aromatic heterocycles. The third-order valence-electron chi connectivity index (χ3n) is 4.27. The molecule has 2 saturated heterocycles. The highest BCUT2D eigenvalue weighted by Gasteiger charge is 2.60. The Morgan fingerprint density at radius 2 is 1.59 bits per heavy atom. The summed E-state index contributed by atoms with van der Waals surface area (Å²) in [6.45, 7) is 1.31. The van der Waals surface area contributed by atoms with E-state index in [1.54, 1.807) is 24.3 Å². The van der Waals surface area contributed by atoms with Crippen LogP contribution < -0.4 is 9.64 Å². The lowest BCUT2D eigenvalue weighted by Gasteiger charge is -2.17. The number of ether oxygens (including phenoxy) is 2. The predicted molar refractivity (Wildman–Crippen MR) is 75.0 cm³/mol. The van der Waals surface area contributed by atoms with E-state index in [1.165, 1.54) is 11.8 Å². The Labute approximate surface area is 126 Å². The summed E-state index contributed by atoms with van der Waals surface area (Å²) >= 11 is 0. The molecule has 2 fully saturated rings. The molecule has 112 valence electrons.